The molecular formula is C19H30O4S. The summed E-state index contributed by atoms with van der Waals surface area (Å²) in [6.07, 6.45) is 3.51. The van der Waals surface area contributed by atoms with E-state index in [-0.39, 0.29) is 23.7 Å². The van der Waals surface area contributed by atoms with Crippen LogP contribution < -0.4 is 4.74 Å². The van der Waals surface area contributed by atoms with Crippen LogP contribution in [0.25, 0.3) is 0 Å². The van der Waals surface area contributed by atoms with Gasteiger partial charge in [-0.2, -0.15) is 4.21 Å². The van der Waals surface area contributed by atoms with Gasteiger partial charge in [0.2, 0.25) is 0 Å². The van der Waals surface area contributed by atoms with Crippen LogP contribution >= 0.6 is 0 Å². The molecular weight excluding hydrogens is 324 g/mol. The minimum Gasteiger partial charge on any atom is -0.488 e. The molecule has 3 unspecified atom stereocenters. The fraction of sp³-hybridized carbons (Fsp3) is 0.684. The van der Waals surface area contributed by atoms with E-state index in [4.69, 9.17) is 13.1 Å². The third-order valence-electron chi connectivity index (χ3n) is 4.12. The Hall–Kier alpha value is -0.910. The van der Waals surface area contributed by atoms with Gasteiger partial charge in [-0.15, -0.1) is 0 Å². The predicted molar refractivity (Wildman–Crippen MR) is 97.3 cm³/mol. The lowest BCUT2D eigenvalue weighted by Gasteiger charge is -2.31. The van der Waals surface area contributed by atoms with Gasteiger partial charge >= 0.3 is 11.4 Å². The normalized spacial score (nSPS) is 23.2. The van der Waals surface area contributed by atoms with Crippen molar-refractivity contribution in [2.75, 3.05) is 0 Å². The van der Waals surface area contributed by atoms with Gasteiger partial charge < -0.3 is 4.74 Å². The Bertz CT molecular complexity index is 533. The molecule has 136 valence electrons. The molecule has 4 nitrogen and oxygen atoms in total. The fourth-order valence-electron chi connectivity index (χ4n) is 2.80. The van der Waals surface area contributed by atoms with Gasteiger partial charge in [-0.1, -0.05) is 39.3 Å². The topological polar surface area (TPSA) is 44.8 Å². The van der Waals surface area contributed by atoms with E-state index in [0.717, 1.165) is 31.4 Å². The van der Waals surface area contributed by atoms with Crippen LogP contribution in [0.4, 0.5) is 0 Å². The molecule has 0 aromatic heterocycles. The summed E-state index contributed by atoms with van der Waals surface area (Å²) in [7, 11) is 0. The second-order valence-corrected chi connectivity index (χ2v) is 8.49. The molecule has 1 aromatic carbocycles. The molecule has 0 N–H and O–H groups in total. The summed E-state index contributed by atoms with van der Waals surface area (Å²) >= 11 is -1.72. The van der Waals surface area contributed by atoms with Crippen molar-refractivity contribution in [1.29, 1.82) is 0 Å². The Kier molecular flexibility index (Phi) is 6.84. The van der Waals surface area contributed by atoms with Crippen LogP contribution in [0.1, 0.15) is 65.9 Å². The lowest BCUT2D eigenvalue weighted by Crippen LogP contribution is -2.37. The van der Waals surface area contributed by atoms with Gasteiger partial charge in [0.05, 0.1) is 6.10 Å². The van der Waals surface area contributed by atoms with Gasteiger partial charge in [-0.3, -0.25) is 8.37 Å². The molecule has 24 heavy (non-hydrogen) atoms. The summed E-state index contributed by atoms with van der Waals surface area (Å²) < 4.78 is 28.8. The van der Waals surface area contributed by atoms with Crippen molar-refractivity contribution < 1.29 is 17.3 Å². The SMILES string of the molecule is CC(C)OS(=O)OC1CCCCC1Oc1ccc(C(C)(C)C)cc1. The highest BCUT2D eigenvalue weighted by atomic mass is 32.2. The number of ether oxygens (including phenoxy) is 1. The molecule has 1 aliphatic carbocycles. The van der Waals surface area contributed by atoms with E-state index in [1.807, 2.05) is 26.0 Å². The van der Waals surface area contributed by atoms with E-state index in [0.29, 0.717) is 0 Å². The number of rotatable bonds is 6. The standard InChI is InChI=1S/C19H30O4S/c1-14(2)22-24(20)23-18-9-7-6-8-17(18)21-16-12-10-15(11-13-16)19(3,4)5/h10-14,17-18H,6-9H2,1-5H3. The van der Waals surface area contributed by atoms with Gasteiger partial charge in [0.25, 0.3) is 0 Å². The van der Waals surface area contributed by atoms with Crippen LogP contribution in [0.5, 0.6) is 5.75 Å². The van der Waals surface area contributed by atoms with Crippen LogP contribution in [-0.4, -0.2) is 22.5 Å². The lowest BCUT2D eigenvalue weighted by molar-refractivity contribution is 0.0209. The zero-order valence-electron chi connectivity index (χ0n) is 15.4. The molecule has 1 fully saturated rings. The highest BCUT2D eigenvalue weighted by Crippen LogP contribution is 2.29. The van der Waals surface area contributed by atoms with E-state index >= 15 is 0 Å². The van der Waals surface area contributed by atoms with E-state index in [1.165, 1.54) is 5.56 Å². The molecule has 2 rings (SSSR count). The molecule has 0 bridgehead atoms. The Morgan fingerprint density at radius 1 is 1.04 bits per heavy atom. The highest BCUT2D eigenvalue weighted by Gasteiger charge is 2.30. The third-order valence-corrected chi connectivity index (χ3v) is 5.07. The Morgan fingerprint density at radius 2 is 1.62 bits per heavy atom. The number of hydrogen-bond acceptors (Lipinski definition) is 4. The first kappa shape index (κ1) is 19.4. The summed E-state index contributed by atoms with van der Waals surface area (Å²) in [5.41, 5.74) is 1.40. The minimum atomic E-state index is -1.72. The molecule has 0 heterocycles. The van der Waals surface area contributed by atoms with Crippen molar-refractivity contribution in [2.45, 2.75) is 84.0 Å². The first-order valence-corrected chi connectivity index (χ1v) is 9.79. The van der Waals surface area contributed by atoms with Crippen molar-refractivity contribution in [3.63, 3.8) is 0 Å². The van der Waals surface area contributed by atoms with E-state index in [9.17, 15) is 4.21 Å². The molecule has 0 spiro atoms. The lowest BCUT2D eigenvalue weighted by atomic mass is 9.87. The van der Waals surface area contributed by atoms with Gasteiger partial charge in [0, 0.05) is 0 Å². The quantitative estimate of drug-likeness (QED) is 0.743. The maximum Gasteiger partial charge on any atom is 0.305 e. The average molecular weight is 355 g/mol. The van der Waals surface area contributed by atoms with Gasteiger partial charge in [-0.25, -0.2) is 0 Å². The zero-order valence-corrected chi connectivity index (χ0v) is 16.2. The highest BCUT2D eigenvalue weighted by molar-refractivity contribution is 7.75. The van der Waals surface area contributed by atoms with Gasteiger partial charge in [0.15, 0.2) is 0 Å². The molecule has 0 amide bonds. The van der Waals surface area contributed by atoms with Crippen molar-refractivity contribution in [3.8, 4) is 5.75 Å². The molecule has 0 radical (unpaired) electrons. The average Bonchev–Trinajstić information content (AvgIpc) is 2.48. The summed E-state index contributed by atoms with van der Waals surface area (Å²) in [6.45, 7) is 10.3. The first-order chi connectivity index (χ1) is 11.3. The van der Waals surface area contributed by atoms with E-state index in [1.54, 1.807) is 0 Å². The first-order valence-electron chi connectivity index (χ1n) is 8.79. The van der Waals surface area contributed by atoms with E-state index < -0.39 is 11.4 Å². The molecule has 1 aromatic rings. The second-order valence-electron chi connectivity index (χ2n) is 7.70. The summed E-state index contributed by atoms with van der Waals surface area (Å²) in [6, 6.07) is 8.23. The van der Waals surface area contributed by atoms with Crippen LogP contribution in [0, 0.1) is 0 Å². The van der Waals surface area contributed by atoms with Crippen LogP contribution in [0.3, 0.4) is 0 Å². The molecule has 0 saturated heterocycles. The van der Waals surface area contributed by atoms with Crippen molar-refractivity contribution in [2.24, 2.45) is 0 Å². The Morgan fingerprint density at radius 3 is 2.17 bits per heavy atom. The molecule has 1 saturated carbocycles. The van der Waals surface area contributed by atoms with Crippen LogP contribution in [0.15, 0.2) is 24.3 Å². The largest absolute Gasteiger partial charge is 0.488 e. The van der Waals surface area contributed by atoms with Gasteiger partial charge in [-0.05, 0) is 56.2 Å². The second kappa shape index (κ2) is 8.45. The Balaban J connectivity index is 1.99. The monoisotopic (exact) mass is 354 g/mol. The van der Waals surface area contributed by atoms with Crippen molar-refractivity contribution in [1.82, 2.24) is 0 Å². The number of hydrogen-bond donors (Lipinski definition) is 0. The van der Waals surface area contributed by atoms with Crippen LogP contribution in [-0.2, 0) is 25.1 Å². The molecule has 0 aliphatic heterocycles. The predicted octanol–water partition coefficient (Wildman–Crippen LogP) is 4.69. The van der Waals surface area contributed by atoms with Crippen molar-refractivity contribution in [3.05, 3.63) is 29.8 Å². The third kappa shape index (κ3) is 5.87. The maximum atomic E-state index is 11.9. The summed E-state index contributed by atoms with van der Waals surface area (Å²) in [5.74, 6) is 0.832. The summed E-state index contributed by atoms with van der Waals surface area (Å²) in [4.78, 5) is 0. The molecule has 1 aliphatic rings. The molecule has 3 atom stereocenters. The fourth-order valence-corrected chi connectivity index (χ4v) is 3.58. The van der Waals surface area contributed by atoms with E-state index in [2.05, 4.69) is 32.9 Å². The van der Waals surface area contributed by atoms with Gasteiger partial charge in [0.1, 0.15) is 18.0 Å². The smallest absolute Gasteiger partial charge is 0.305 e. The van der Waals surface area contributed by atoms with Crippen LogP contribution in [0.2, 0.25) is 0 Å². The Labute approximate surface area is 148 Å². The zero-order chi connectivity index (χ0) is 17.7. The maximum absolute atomic E-state index is 11.9. The molecule has 5 heteroatoms. The number of benzene rings is 1. The summed E-state index contributed by atoms with van der Waals surface area (Å²) in [5, 5.41) is 0. The minimum absolute atomic E-state index is 0.0843. The van der Waals surface area contributed by atoms with Crippen molar-refractivity contribution >= 4 is 11.4 Å².